The summed E-state index contributed by atoms with van der Waals surface area (Å²) in [4.78, 5) is 1.05. The minimum atomic E-state index is -0.268. The standard InChI is InChI=1S/C14H13Br2ClFNS/c1-2-4-19-13(14-9(15)3-5-20-14)8-6-11(17)10(16)7-12(8)18/h3,5-7,13,19H,2,4H2,1H3. The minimum absolute atomic E-state index is 0.199. The first kappa shape index (κ1) is 16.4. The summed E-state index contributed by atoms with van der Waals surface area (Å²) in [6, 6.07) is 4.87. The fourth-order valence-corrected chi connectivity index (χ4v) is 4.08. The smallest absolute Gasteiger partial charge is 0.129 e. The Hall–Kier alpha value is 0.0600. The first-order valence-electron chi connectivity index (χ1n) is 6.15. The van der Waals surface area contributed by atoms with Crippen LogP contribution in [-0.4, -0.2) is 6.54 Å². The summed E-state index contributed by atoms with van der Waals surface area (Å²) < 4.78 is 15.8. The predicted octanol–water partition coefficient (Wildman–Crippen LogP) is 6.15. The number of hydrogen-bond donors (Lipinski definition) is 1. The van der Waals surface area contributed by atoms with Crippen molar-refractivity contribution < 1.29 is 4.39 Å². The Morgan fingerprint density at radius 3 is 2.70 bits per heavy atom. The molecule has 1 unspecified atom stereocenters. The topological polar surface area (TPSA) is 12.0 Å². The van der Waals surface area contributed by atoms with Crippen LogP contribution in [-0.2, 0) is 0 Å². The summed E-state index contributed by atoms with van der Waals surface area (Å²) in [7, 11) is 0. The maximum atomic E-state index is 14.3. The Balaban J connectivity index is 2.46. The van der Waals surface area contributed by atoms with Crippen molar-refractivity contribution in [3.8, 4) is 0 Å². The summed E-state index contributed by atoms with van der Waals surface area (Å²) in [5, 5.41) is 5.88. The van der Waals surface area contributed by atoms with Crippen LogP contribution in [0.4, 0.5) is 4.39 Å². The zero-order valence-electron chi connectivity index (χ0n) is 10.7. The molecule has 0 radical (unpaired) electrons. The van der Waals surface area contributed by atoms with Gasteiger partial charge in [-0.3, -0.25) is 0 Å². The number of thiophene rings is 1. The van der Waals surface area contributed by atoms with Crippen LogP contribution in [0, 0.1) is 5.82 Å². The summed E-state index contributed by atoms with van der Waals surface area (Å²) in [6.07, 6.45) is 0.978. The van der Waals surface area contributed by atoms with Crippen molar-refractivity contribution in [1.82, 2.24) is 5.32 Å². The lowest BCUT2D eigenvalue weighted by Crippen LogP contribution is -2.23. The van der Waals surface area contributed by atoms with E-state index in [2.05, 4.69) is 44.1 Å². The van der Waals surface area contributed by atoms with Crippen molar-refractivity contribution in [1.29, 1.82) is 0 Å². The van der Waals surface area contributed by atoms with Crippen LogP contribution in [0.15, 0.2) is 32.5 Å². The molecule has 0 aliphatic heterocycles. The van der Waals surface area contributed by atoms with Gasteiger partial charge >= 0.3 is 0 Å². The van der Waals surface area contributed by atoms with Crippen molar-refractivity contribution in [2.45, 2.75) is 19.4 Å². The Bertz CT molecular complexity index is 603. The first-order chi connectivity index (χ1) is 9.54. The molecular weight excluding hydrogens is 428 g/mol. The van der Waals surface area contributed by atoms with Crippen LogP contribution >= 0.6 is 54.8 Å². The SMILES string of the molecule is CCCNC(c1cc(Cl)c(Br)cc1F)c1sccc1Br. The first-order valence-corrected chi connectivity index (χ1v) is 8.99. The van der Waals surface area contributed by atoms with Crippen LogP contribution in [0.2, 0.25) is 5.02 Å². The molecule has 0 bridgehead atoms. The molecule has 1 heterocycles. The number of halogens is 4. The van der Waals surface area contributed by atoms with Crippen LogP contribution in [0.25, 0.3) is 0 Å². The second kappa shape index (κ2) is 7.36. The molecule has 6 heteroatoms. The maximum Gasteiger partial charge on any atom is 0.129 e. The molecule has 0 amide bonds. The second-order valence-corrected chi connectivity index (χ2v) is 7.37. The van der Waals surface area contributed by atoms with E-state index >= 15 is 0 Å². The summed E-state index contributed by atoms with van der Waals surface area (Å²) in [5.41, 5.74) is 0.565. The highest BCUT2D eigenvalue weighted by molar-refractivity contribution is 9.10. The van der Waals surface area contributed by atoms with Crippen LogP contribution in [0.5, 0.6) is 0 Å². The quantitative estimate of drug-likeness (QED) is 0.549. The van der Waals surface area contributed by atoms with Gasteiger partial charge in [-0.1, -0.05) is 18.5 Å². The van der Waals surface area contributed by atoms with Crippen molar-refractivity contribution in [3.05, 3.63) is 53.8 Å². The number of nitrogens with one attached hydrogen (secondary N) is 1. The molecule has 2 rings (SSSR count). The largest absolute Gasteiger partial charge is 0.305 e. The third-order valence-electron chi connectivity index (χ3n) is 2.86. The number of benzene rings is 1. The minimum Gasteiger partial charge on any atom is -0.305 e. The third kappa shape index (κ3) is 3.63. The van der Waals surface area contributed by atoms with Gasteiger partial charge in [-0.15, -0.1) is 11.3 Å². The van der Waals surface area contributed by atoms with Gasteiger partial charge in [0.15, 0.2) is 0 Å². The Kier molecular flexibility index (Phi) is 6.05. The molecule has 20 heavy (non-hydrogen) atoms. The van der Waals surface area contributed by atoms with E-state index in [9.17, 15) is 4.39 Å². The van der Waals surface area contributed by atoms with Gasteiger partial charge < -0.3 is 5.32 Å². The van der Waals surface area contributed by atoms with Gasteiger partial charge in [0.2, 0.25) is 0 Å². The van der Waals surface area contributed by atoms with E-state index in [0.717, 1.165) is 22.3 Å². The lowest BCUT2D eigenvalue weighted by atomic mass is 10.0. The monoisotopic (exact) mass is 439 g/mol. The van der Waals surface area contributed by atoms with E-state index in [0.29, 0.717) is 15.1 Å². The zero-order chi connectivity index (χ0) is 14.7. The summed E-state index contributed by atoms with van der Waals surface area (Å²) in [6.45, 7) is 2.89. The van der Waals surface area contributed by atoms with Crippen molar-refractivity contribution in [2.75, 3.05) is 6.54 Å². The van der Waals surface area contributed by atoms with Crippen molar-refractivity contribution >= 4 is 54.8 Å². The van der Waals surface area contributed by atoms with Crippen molar-refractivity contribution in [3.63, 3.8) is 0 Å². The average Bonchev–Trinajstić information content (AvgIpc) is 2.82. The molecule has 0 aliphatic carbocycles. The molecule has 0 aliphatic rings. The Morgan fingerprint density at radius 2 is 2.10 bits per heavy atom. The maximum absolute atomic E-state index is 14.3. The highest BCUT2D eigenvalue weighted by atomic mass is 79.9. The predicted molar refractivity (Wildman–Crippen MR) is 91.3 cm³/mol. The van der Waals surface area contributed by atoms with Crippen LogP contribution in [0.1, 0.15) is 29.8 Å². The molecule has 0 spiro atoms. The Morgan fingerprint density at radius 1 is 1.35 bits per heavy atom. The molecule has 2 aromatic rings. The fourth-order valence-electron chi connectivity index (χ4n) is 1.90. The molecule has 1 aromatic carbocycles. The van der Waals surface area contributed by atoms with E-state index in [1.165, 1.54) is 6.07 Å². The van der Waals surface area contributed by atoms with Gasteiger partial charge in [0.05, 0.1) is 11.1 Å². The van der Waals surface area contributed by atoms with Gasteiger partial charge in [-0.25, -0.2) is 4.39 Å². The second-order valence-electron chi connectivity index (χ2n) is 4.31. The molecule has 1 aromatic heterocycles. The van der Waals surface area contributed by atoms with Gasteiger partial charge in [0, 0.05) is 19.4 Å². The molecule has 1 nitrogen and oxygen atoms in total. The third-order valence-corrected chi connectivity index (χ3v) is 5.99. The van der Waals surface area contributed by atoms with Crippen LogP contribution < -0.4 is 5.32 Å². The lowest BCUT2D eigenvalue weighted by Gasteiger charge is -2.20. The molecule has 0 fully saturated rings. The van der Waals surface area contributed by atoms with Gasteiger partial charge in [0.25, 0.3) is 0 Å². The fraction of sp³-hybridized carbons (Fsp3) is 0.286. The van der Waals surface area contributed by atoms with Gasteiger partial charge in [-0.2, -0.15) is 0 Å². The number of hydrogen-bond acceptors (Lipinski definition) is 2. The molecule has 108 valence electrons. The van der Waals surface area contributed by atoms with E-state index in [1.54, 1.807) is 17.4 Å². The molecular formula is C14H13Br2ClFNS. The molecule has 0 saturated heterocycles. The molecule has 0 saturated carbocycles. The number of rotatable bonds is 5. The Labute approximate surface area is 143 Å². The highest BCUT2D eigenvalue weighted by Crippen LogP contribution is 2.36. The van der Waals surface area contributed by atoms with Crippen LogP contribution in [0.3, 0.4) is 0 Å². The molecule has 1 atom stereocenters. The molecule has 1 N–H and O–H groups in total. The van der Waals surface area contributed by atoms with Gasteiger partial charge in [0.1, 0.15) is 5.82 Å². The lowest BCUT2D eigenvalue weighted by molar-refractivity contribution is 0.550. The normalized spacial score (nSPS) is 12.7. The summed E-state index contributed by atoms with van der Waals surface area (Å²) >= 11 is 14.5. The van der Waals surface area contributed by atoms with Crippen molar-refractivity contribution in [2.24, 2.45) is 0 Å². The summed E-state index contributed by atoms with van der Waals surface area (Å²) in [5.74, 6) is -0.268. The van der Waals surface area contributed by atoms with Gasteiger partial charge in [-0.05, 0) is 68.4 Å². The van der Waals surface area contributed by atoms with E-state index in [-0.39, 0.29) is 11.9 Å². The van der Waals surface area contributed by atoms with E-state index in [4.69, 9.17) is 11.6 Å². The van der Waals surface area contributed by atoms with E-state index in [1.807, 2.05) is 11.4 Å². The average molecular weight is 442 g/mol. The zero-order valence-corrected chi connectivity index (χ0v) is 15.5. The highest BCUT2D eigenvalue weighted by Gasteiger charge is 2.22. The van der Waals surface area contributed by atoms with E-state index < -0.39 is 0 Å².